The van der Waals surface area contributed by atoms with E-state index in [9.17, 15) is 4.79 Å². The van der Waals surface area contributed by atoms with Gasteiger partial charge in [-0.2, -0.15) is 0 Å². The summed E-state index contributed by atoms with van der Waals surface area (Å²) >= 11 is 0. The molecule has 0 spiro atoms. The predicted octanol–water partition coefficient (Wildman–Crippen LogP) is 1.07. The van der Waals surface area contributed by atoms with Crippen LogP contribution in [0.3, 0.4) is 0 Å². The topological polar surface area (TPSA) is 47.6 Å². The number of ketones is 1. The zero-order valence-corrected chi connectivity index (χ0v) is 8.53. The highest BCUT2D eigenvalue weighted by Gasteiger charge is 2.24. The van der Waals surface area contributed by atoms with E-state index in [0.29, 0.717) is 6.54 Å². The third-order valence-corrected chi connectivity index (χ3v) is 2.28. The number of carbonyl (C=O) groups is 1. The Labute approximate surface area is 88.2 Å². The van der Waals surface area contributed by atoms with Crippen molar-refractivity contribution < 1.29 is 14.3 Å². The molecule has 0 bridgehead atoms. The molecule has 1 unspecified atom stereocenters. The molecule has 1 aromatic rings. The second-order valence-corrected chi connectivity index (χ2v) is 3.38. The highest BCUT2D eigenvalue weighted by atomic mass is 16.5. The molecule has 1 heterocycles. The Balaban J connectivity index is 2.08. The summed E-state index contributed by atoms with van der Waals surface area (Å²) in [5.41, 5.74) is 0.930. The van der Waals surface area contributed by atoms with Gasteiger partial charge in [0.15, 0.2) is 6.10 Å². The van der Waals surface area contributed by atoms with E-state index in [4.69, 9.17) is 9.47 Å². The summed E-state index contributed by atoms with van der Waals surface area (Å²) in [7, 11) is 1.50. The molecule has 1 aliphatic heterocycles. The van der Waals surface area contributed by atoms with Crippen molar-refractivity contribution >= 4 is 11.5 Å². The number of ether oxygens (including phenoxy) is 2. The first kappa shape index (κ1) is 9.98. The number of anilines is 1. The minimum absolute atomic E-state index is 0.0421. The highest BCUT2D eigenvalue weighted by molar-refractivity contribution is 5.86. The van der Waals surface area contributed by atoms with Crippen molar-refractivity contribution in [1.82, 2.24) is 0 Å². The van der Waals surface area contributed by atoms with E-state index < -0.39 is 6.10 Å². The number of carbonyl (C=O) groups excluding carboxylic acids is 1. The van der Waals surface area contributed by atoms with Gasteiger partial charge in [-0.05, 0) is 12.1 Å². The lowest BCUT2D eigenvalue weighted by Crippen LogP contribution is -2.39. The molecule has 4 heteroatoms. The SMILES string of the molecule is COCC(=O)C1CNc2ccccc2O1. The molecule has 0 fully saturated rings. The van der Waals surface area contributed by atoms with Crippen LogP contribution in [0.2, 0.25) is 0 Å². The van der Waals surface area contributed by atoms with Crippen molar-refractivity contribution in [2.24, 2.45) is 0 Å². The minimum atomic E-state index is -0.445. The Morgan fingerprint density at radius 1 is 1.60 bits per heavy atom. The molecule has 1 aliphatic rings. The van der Waals surface area contributed by atoms with Gasteiger partial charge in [0.25, 0.3) is 0 Å². The Morgan fingerprint density at radius 3 is 3.20 bits per heavy atom. The normalized spacial score (nSPS) is 18.6. The standard InChI is InChI=1S/C11H13NO3/c1-14-7-9(13)11-6-12-8-4-2-3-5-10(8)15-11/h2-5,11-12H,6-7H2,1H3. The first-order chi connectivity index (χ1) is 7.31. The number of hydrogen-bond donors (Lipinski definition) is 1. The van der Waals surface area contributed by atoms with Crippen LogP contribution < -0.4 is 10.1 Å². The average Bonchev–Trinajstić information content (AvgIpc) is 2.29. The fraction of sp³-hybridized carbons (Fsp3) is 0.364. The summed E-state index contributed by atoms with van der Waals surface area (Å²) in [4.78, 5) is 11.5. The van der Waals surface area contributed by atoms with Crippen LogP contribution in [0, 0.1) is 0 Å². The first-order valence-electron chi connectivity index (χ1n) is 4.82. The van der Waals surface area contributed by atoms with Crippen molar-refractivity contribution in [3.63, 3.8) is 0 Å². The number of benzene rings is 1. The molecule has 4 nitrogen and oxygen atoms in total. The molecule has 0 saturated heterocycles. The first-order valence-corrected chi connectivity index (χ1v) is 4.82. The van der Waals surface area contributed by atoms with Crippen LogP contribution in [-0.4, -0.2) is 32.1 Å². The van der Waals surface area contributed by atoms with Crippen LogP contribution in [0.25, 0.3) is 0 Å². The molecule has 0 aromatic heterocycles. The maximum Gasteiger partial charge on any atom is 0.200 e. The molecule has 0 saturated carbocycles. The van der Waals surface area contributed by atoms with Crippen molar-refractivity contribution in [2.45, 2.75) is 6.10 Å². The van der Waals surface area contributed by atoms with E-state index in [1.165, 1.54) is 7.11 Å². The predicted molar refractivity (Wildman–Crippen MR) is 56.2 cm³/mol. The van der Waals surface area contributed by atoms with Crippen LogP contribution in [0.1, 0.15) is 0 Å². The van der Waals surface area contributed by atoms with Gasteiger partial charge in [0.05, 0.1) is 12.2 Å². The molecule has 0 aliphatic carbocycles. The van der Waals surface area contributed by atoms with Crippen LogP contribution >= 0.6 is 0 Å². The van der Waals surface area contributed by atoms with Gasteiger partial charge in [-0.25, -0.2) is 0 Å². The Morgan fingerprint density at radius 2 is 2.40 bits per heavy atom. The second kappa shape index (κ2) is 4.31. The van der Waals surface area contributed by atoms with Crippen molar-refractivity contribution in [3.8, 4) is 5.75 Å². The fourth-order valence-electron chi connectivity index (χ4n) is 1.53. The van der Waals surface area contributed by atoms with Crippen LogP contribution in [0.5, 0.6) is 5.75 Å². The number of nitrogens with one attached hydrogen (secondary N) is 1. The highest BCUT2D eigenvalue weighted by Crippen LogP contribution is 2.28. The van der Waals surface area contributed by atoms with Crippen LogP contribution in [0.15, 0.2) is 24.3 Å². The van der Waals surface area contributed by atoms with Crippen LogP contribution in [-0.2, 0) is 9.53 Å². The van der Waals surface area contributed by atoms with Crippen molar-refractivity contribution in [2.75, 3.05) is 25.6 Å². The minimum Gasteiger partial charge on any atom is -0.479 e. The maximum atomic E-state index is 11.5. The number of fused-ring (bicyclic) bond motifs is 1. The lowest BCUT2D eigenvalue weighted by Gasteiger charge is -2.26. The van der Waals surface area contributed by atoms with Crippen LogP contribution in [0.4, 0.5) is 5.69 Å². The molecule has 15 heavy (non-hydrogen) atoms. The summed E-state index contributed by atoms with van der Waals surface area (Å²) < 4.78 is 10.3. The fourth-order valence-corrected chi connectivity index (χ4v) is 1.53. The number of para-hydroxylation sites is 2. The molecule has 0 amide bonds. The summed E-state index contributed by atoms with van der Waals surface area (Å²) in [6, 6.07) is 7.57. The monoisotopic (exact) mass is 207 g/mol. The lowest BCUT2D eigenvalue weighted by molar-refractivity contribution is -0.129. The summed E-state index contributed by atoms with van der Waals surface area (Å²) in [6.07, 6.45) is -0.445. The third-order valence-electron chi connectivity index (χ3n) is 2.28. The molecule has 0 radical (unpaired) electrons. The van der Waals surface area contributed by atoms with Gasteiger partial charge in [0.1, 0.15) is 12.4 Å². The summed E-state index contributed by atoms with van der Waals surface area (Å²) in [6.45, 7) is 0.591. The van der Waals surface area contributed by atoms with E-state index >= 15 is 0 Å². The maximum absolute atomic E-state index is 11.5. The largest absolute Gasteiger partial charge is 0.479 e. The molecule has 1 atom stereocenters. The van der Waals surface area contributed by atoms with Gasteiger partial charge in [-0.15, -0.1) is 0 Å². The van der Waals surface area contributed by atoms with Gasteiger partial charge in [-0.3, -0.25) is 4.79 Å². The van der Waals surface area contributed by atoms with Gasteiger partial charge >= 0.3 is 0 Å². The lowest BCUT2D eigenvalue weighted by atomic mass is 10.2. The van der Waals surface area contributed by atoms with E-state index in [2.05, 4.69) is 5.32 Å². The zero-order valence-electron chi connectivity index (χ0n) is 8.53. The van der Waals surface area contributed by atoms with E-state index in [1.807, 2.05) is 24.3 Å². The van der Waals surface area contributed by atoms with Gasteiger partial charge in [0, 0.05) is 7.11 Å². The molecular formula is C11H13NO3. The van der Waals surface area contributed by atoms with E-state index in [0.717, 1.165) is 11.4 Å². The number of Topliss-reactive ketones (excluding diaryl/α,β-unsaturated/α-hetero) is 1. The Hall–Kier alpha value is -1.55. The molecule has 1 aromatic carbocycles. The number of rotatable bonds is 3. The quantitative estimate of drug-likeness (QED) is 0.805. The molecule has 1 N–H and O–H groups in total. The third kappa shape index (κ3) is 2.10. The van der Waals surface area contributed by atoms with Gasteiger partial charge < -0.3 is 14.8 Å². The summed E-state index contributed by atoms with van der Waals surface area (Å²) in [5, 5.41) is 3.15. The van der Waals surface area contributed by atoms with Gasteiger partial charge in [-0.1, -0.05) is 12.1 Å². The number of methoxy groups -OCH3 is 1. The molecule has 2 rings (SSSR count). The Bertz CT molecular complexity index is 365. The number of hydrogen-bond acceptors (Lipinski definition) is 4. The Kier molecular flexibility index (Phi) is 2.87. The molecule has 80 valence electrons. The second-order valence-electron chi connectivity index (χ2n) is 3.38. The van der Waals surface area contributed by atoms with Crippen molar-refractivity contribution in [3.05, 3.63) is 24.3 Å². The smallest absolute Gasteiger partial charge is 0.200 e. The average molecular weight is 207 g/mol. The summed E-state index contributed by atoms with van der Waals surface area (Å²) in [5.74, 6) is 0.678. The van der Waals surface area contributed by atoms with Crippen molar-refractivity contribution in [1.29, 1.82) is 0 Å². The van der Waals surface area contributed by atoms with E-state index in [-0.39, 0.29) is 12.4 Å². The molecular weight excluding hydrogens is 194 g/mol. The van der Waals surface area contributed by atoms with Gasteiger partial charge in [0.2, 0.25) is 5.78 Å². The zero-order chi connectivity index (χ0) is 10.7. The van der Waals surface area contributed by atoms with E-state index in [1.54, 1.807) is 0 Å².